The molecule has 1 aromatic heterocycles. The Kier molecular flexibility index (Phi) is 9.51. The van der Waals surface area contributed by atoms with Crippen LogP contribution in [0.3, 0.4) is 0 Å². The van der Waals surface area contributed by atoms with Crippen molar-refractivity contribution in [3.63, 3.8) is 0 Å². The van der Waals surface area contributed by atoms with Gasteiger partial charge >= 0.3 is 12.2 Å². The van der Waals surface area contributed by atoms with Gasteiger partial charge in [0.15, 0.2) is 0 Å². The van der Waals surface area contributed by atoms with Gasteiger partial charge in [0.05, 0.1) is 11.7 Å². The van der Waals surface area contributed by atoms with E-state index in [4.69, 9.17) is 0 Å². The van der Waals surface area contributed by atoms with Crippen molar-refractivity contribution >= 4 is 11.7 Å². The lowest BCUT2D eigenvalue weighted by Crippen LogP contribution is -2.75. The molecule has 1 fully saturated rings. The largest absolute Gasteiger partial charge is 0.416 e. The first kappa shape index (κ1) is 28.2. The predicted octanol–water partition coefficient (Wildman–Crippen LogP) is 5.47. The number of hydrogen-bond acceptors (Lipinski definition) is 4. The molecule has 4 atom stereocenters. The highest BCUT2D eigenvalue weighted by Crippen LogP contribution is 2.39. The zero-order valence-corrected chi connectivity index (χ0v) is 21.8. The second-order valence-corrected chi connectivity index (χ2v) is 10.4. The zero-order chi connectivity index (χ0) is 27.0. The van der Waals surface area contributed by atoms with Crippen LogP contribution in [0.25, 0.3) is 0 Å². The first-order chi connectivity index (χ1) is 18.3. The highest BCUT2D eigenvalue weighted by molar-refractivity contribution is 5.89. The summed E-state index contributed by atoms with van der Waals surface area (Å²) in [5.41, 5.74) is 0.305. The maximum atomic E-state index is 13.1. The van der Waals surface area contributed by atoms with E-state index in [0.29, 0.717) is 0 Å². The van der Waals surface area contributed by atoms with Gasteiger partial charge < -0.3 is 20.9 Å². The average Bonchev–Trinajstić information content (AvgIpc) is 3.39. The fraction of sp³-hybridized carbons (Fsp3) is 0.536. The molecule has 2 aromatic rings. The van der Waals surface area contributed by atoms with E-state index in [0.717, 1.165) is 56.5 Å². The van der Waals surface area contributed by atoms with Gasteiger partial charge in [-0.3, -0.25) is 10.6 Å². The summed E-state index contributed by atoms with van der Waals surface area (Å²) in [5.74, 6) is 0. The Morgan fingerprint density at radius 3 is 2.71 bits per heavy atom. The summed E-state index contributed by atoms with van der Waals surface area (Å²) in [7, 11) is 0. The van der Waals surface area contributed by atoms with Crippen LogP contribution in [-0.4, -0.2) is 36.1 Å². The predicted molar refractivity (Wildman–Crippen MR) is 143 cm³/mol. The quantitative estimate of drug-likeness (QED) is 0.279. The van der Waals surface area contributed by atoms with Crippen LogP contribution in [0.1, 0.15) is 63.1 Å². The standard InChI is InChI=1S/C28H39F3N6O/c1-20-27(15-7-5-3-2-4-6-8-16-27)24(33-18-14-22-13-10-17-32-22)36-25(34-20)37-26(38)35-23-12-9-11-21(19-23)28(29,30)31/h5,7,9-13,17,19-20,24-25,32-34,36H,2-4,6,8,14-16,18H2,1H3,(H2,35,37,38)/b7-5-. The number of H-pyrrole nitrogens is 1. The summed E-state index contributed by atoms with van der Waals surface area (Å²) in [6.45, 7) is 2.90. The molecule has 0 bridgehead atoms. The van der Waals surface area contributed by atoms with Crippen molar-refractivity contribution in [1.29, 1.82) is 0 Å². The highest BCUT2D eigenvalue weighted by Gasteiger charge is 2.47. The van der Waals surface area contributed by atoms with E-state index in [-0.39, 0.29) is 23.3 Å². The van der Waals surface area contributed by atoms with E-state index >= 15 is 0 Å². The number of urea groups is 1. The molecule has 208 valence electrons. The Morgan fingerprint density at radius 2 is 1.92 bits per heavy atom. The number of rotatable bonds is 6. The molecule has 6 N–H and O–H groups in total. The van der Waals surface area contributed by atoms with Gasteiger partial charge in [0.2, 0.25) is 0 Å². The third-order valence-corrected chi connectivity index (χ3v) is 7.74. The monoisotopic (exact) mass is 532 g/mol. The minimum atomic E-state index is -4.48. The third-order valence-electron chi connectivity index (χ3n) is 7.74. The fourth-order valence-electron chi connectivity index (χ4n) is 5.59. The van der Waals surface area contributed by atoms with Crippen LogP contribution in [0.5, 0.6) is 0 Å². The van der Waals surface area contributed by atoms with E-state index in [9.17, 15) is 18.0 Å². The Morgan fingerprint density at radius 1 is 1.08 bits per heavy atom. The second kappa shape index (κ2) is 12.8. The molecule has 2 aliphatic rings. The van der Waals surface area contributed by atoms with Gasteiger partial charge in [-0.1, -0.05) is 37.5 Å². The van der Waals surface area contributed by atoms with Crippen molar-refractivity contribution in [2.45, 2.75) is 83.0 Å². The molecule has 1 aliphatic heterocycles. The fourth-order valence-corrected chi connectivity index (χ4v) is 5.59. The van der Waals surface area contributed by atoms with Gasteiger partial charge in [-0.2, -0.15) is 13.2 Å². The maximum absolute atomic E-state index is 13.1. The lowest BCUT2D eigenvalue weighted by Gasteiger charge is -2.52. The number of hydrogen-bond donors (Lipinski definition) is 6. The SMILES string of the molecule is CC1NC(NC(=O)Nc2cccc(C(F)(F)F)c2)NC(NCCc2ccc[nH]2)C12C/C=C\CCCCCC2. The molecule has 1 spiro atoms. The van der Waals surface area contributed by atoms with Gasteiger partial charge in [-0.25, -0.2) is 4.79 Å². The molecule has 1 aliphatic carbocycles. The molecule has 2 amide bonds. The van der Waals surface area contributed by atoms with E-state index in [1.165, 1.54) is 31.4 Å². The van der Waals surface area contributed by atoms with Crippen LogP contribution in [0.2, 0.25) is 0 Å². The Balaban J connectivity index is 1.45. The van der Waals surface area contributed by atoms with Gasteiger partial charge in [0.25, 0.3) is 0 Å². The van der Waals surface area contributed by atoms with E-state index in [2.05, 4.69) is 56.7 Å². The second-order valence-electron chi connectivity index (χ2n) is 10.4. The zero-order valence-electron chi connectivity index (χ0n) is 21.8. The first-order valence-electron chi connectivity index (χ1n) is 13.5. The van der Waals surface area contributed by atoms with E-state index < -0.39 is 24.1 Å². The number of aromatic amines is 1. The van der Waals surface area contributed by atoms with Crippen molar-refractivity contribution < 1.29 is 18.0 Å². The Hall–Kier alpha value is -2.82. The minimum Gasteiger partial charge on any atom is -0.365 e. The highest BCUT2D eigenvalue weighted by atomic mass is 19.4. The molecular formula is C28H39F3N6O. The molecule has 4 rings (SSSR count). The maximum Gasteiger partial charge on any atom is 0.416 e. The summed E-state index contributed by atoms with van der Waals surface area (Å²) in [4.78, 5) is 16.0. The van der Waals surface area contributed by atoms with Crippen LogP contribution in [0, 0.1) is 5.41 Å². The summed E-state index contributed by atoms with van der Waals surface area (Å²) >= 11 is 0. The number of carbonyl (C=O) groups is 1. The Labute approximate surface area is 222 Å². The summed E-state index contributed by atoms with van der Waals surface area (Å²) in [6, 6.07) is 8.14. The Bertz CT molecular complexity index is 1060. The molecular weight excluding hydrogens is 493 g/mol. The van der Waals surface area contributed by atoms with Crippen LogP contribution < -0.4 is 26.6 Å². The summed E-state index contributed by atoms with van der Waals surface area (Å²) in [5, 5.41) is 16.1. The van der Waals surface area contributed by atoms with Gasteiger partial charge in [0, 0.05) is 35.6 Å². The molecule has 2 heterocycles. The van der Waals surface area contributed by atoms with E-state index in [1.807, 2.05) is 12.3 Å². The molecule has 1 aromatic carbocycles. The number of halogens is 3. The number of aromatic nitrogens is 1. The lowest BCUT2D eigenvalue weighted by molar-refractivity contribution is -0.137. The number of carbonyl (C=O) groups excluding carboxylic acids is 1. The topological polar surface area (TPSA) is 93.0 Å². The molecule has 4 unspecified atom stereocenters. The first-order valence-corrected chi connectivity index (χ1v) is 13.5. The number of alkyl halides is 3. The van der Waals surface area contributed by atoms with Crippen LogP contribution in [-0.2, 0) is 12.6 Å². The number of allylic oxidation sites excluding steroid dienone is 2. The average molecular weight is 533 g/mol. The summed E-state index contributed by atoms with van der Waals surface area (Å²) < 4.78 is 39.2. The summed E-state index contributed by atoms with van der Waals surface area (Å²) in [6.07, 6.45) is 9.98. The lowest BCUT2D eigenvalue weighted by atomic mass is 9.69. The number of anilines is 1. The smallest absolute Gasteiger partial charge is 0.365 e. The number of nitrogens with one attached hydrogen (secondary N) is 6. The molecule has 1 saturated heterocycles. The van der Waals surface area contributed by atoms with Crippen LogP contribution >= 0.6 is 0 Å². The molecule has 0 radical (unpaired) electrons. The van der Waals surface area contributed by atoms with Gasteiger partial charge in [-0.05, 0) is 69.4 Å². The van der Waals surface area contributed by atoms with Crippen LogP contribution in [0.4, 0.5) is 23.7 Å². The van der Waals surface area contributed by atoms with Crippen molar-refractivity contribution in [3.05, 3.63) is 66.0 Å². The third kappa shape index (κ3) is 7.39. The molecule has 0 saturated carbocycles. The van der Waals surface area contributed by atoms with Crippen molar-refractivity contribution in [3.8, 4) is 0 Å². The number of amides is 2. The van der Waals surface area contributed by atoms with Gasteiger partial charge in [-0.15, -0.1) is 0 Å². The molecule has 7 nitrogen and oxygen atoms in total. The molecule has 10 heteroatoms. The van der Waals surface area contributed by atoms with Crippen molar-refractivity contribution in [1.82, 2.24) is 26.3 Å². The van der Waals surface area contributed by atoms with E-state index in [1.54, 1.807) is 0 Å². The molecule has 38 heavy (non-hydrogen) atoms. The van der Waals surface area contributed by atoms with Gasteiger partial charge in [0.1, 0.15) is 6.29 Å². The van der Waals surface area contributed by atoms with Crippen molar-refractivity contribution in [2.75, 3.05) is 11.9 Å². The van der Waals surface area contributed by atoms with Crippen molar-refractivity contribution in [2.24, 2.45) is 5.41 Å². The van der Waals surface area contributed by atoms with Crippen LogP contribution in [0.15, 0.2) is 54.7 Å². The number of benzene rings is 1. The minimum absolute atomic E-state index is 0.0645. The normalized spacial score (nSPS) is 27.5.